The second kappa shape index (κ2) is 4.30. The summed E-state index contributed by atoms with van der Waals surface area (Å²) in [6, 6.07) is 4.89. The van der Waals surface area contributed by atoms with Gasteiger partial charge in [0.15, 0.2) is 0 Å². The van der Waals surface area contributed by atoms with Crippen LogP contribution in [-0.2, 0) is 0 Å². The Morgan fingerprint density at radius 3 is 2.85 bits per heavy atom. The molecule has 0 radical (unpaired) electrons. The predicted molar refractivity (Wildman–Crippen MR) is 52.9 cm³/mol. The van der Waals surface area contributed by atoms with E-state index in [1.165, 1.54) is 0 Å². The summed E-state index contributed by atoms with van der Waals surface area (Å²) in [4.78, 5) is 0. The number of phenolic OH excluding ortho intramolecular Hbond substituents is 1. The maximum absolute atomic E-state index is 9.54. The molecule has 2 nitrogen and oxygen atoms in total. The molecule has 1 rings (SSSR count). The quantitative estimate of drug-likeness (QED) is 0.734. The Kier molecular flexibility index (Phi) is 3.34. The molecule has 0 aromatic heterocycles. The minimum Gasteiger partial charge on any atom is -0.506 e. The molecule has 0 aliphatic rings. The first-order valence-electron chi connectivity index (χ1n) is 3.93. The number of benzene rings is 1. The molecule has 0 heterocycles. The van der Waals surface area contributed by atoms with E-state index in [2.05, 4.69) is 6.58 Å². The fraction of sp³-hybridized carbons (Fsp3) is 0.200. The summed E-state index contributed by atoms with van der Waals surface area (Å²) in [6.45, 7) is 3.50. The van der Waals surface area contributed by atoms with Crippen LogP contribution in [0, 0.1) is 0 Å². The first-order chi connectivity index (χ1) is 6.16. The topological polar surface area (TPSA) is 40.5 Å². The number of aliphatic hydroxyl groups excluding tert-OH is 1. The first-order valence-corrected chi connectivity index (χ1v) is 4.31. The van der Waals surface area contributed by atoms with Gasteiger partial charge in [-0.3, -0.25) is 0 Å². The molecule has 2 N–H and O–H groups in total. The fourth-order valence-electron chi connectivity index (χ4n) is 1.09. The lowest BCUT2D eigenvalue weighted by Gasteiger charge is -2.10. The minimum atomic E-state index is -0.740. The van der Waals surface area contributed by atoms with Gasteiger partial charge >= 0.3 is 0 Å². The van der Waals surface area contributed by atoms with Gasteiger partial charge < -0.3 is 10.2 Å². The summed E-state index contributed by atoms with van der Waals surface area (Å²) in [5.41, 5.74) is 0.437. The molecule has 0 saturated carbocycles. The summed E-state index contributed by atoms with van der Waals surface area (Å²) in [6.07, 6.45) is 1.25. The lowest BCUT2D eigenvalue weighted by atomic mass is 10.1. The van der Waals surface area contributed by atoms with Gasteiger partial charge in [-0.15, -0.1) is 6.58 Å². The third kappa shape index (κ3) is 2.23. The molecule has 13 heavy (non-hydrogen) atoms. The molecule has 70 valence electrons. The van der Waals surface area contributed by atoms with E-state index in [1.54, 1.807) is 24.3 Å². The molecule has 0 spiro atoms. The normalized spacial score (nSPS) is 12.5. The number of halogens is 1. The van der Waals surface area contributed by atoms with E-state index in [4.69, 9.17) is 11.6 Å². The highest BCUT2D eigenvalue weighted by molar-refractivity contribution is 6.32. The third-order valence-electron chi connectivity index (χ3n) is 1.77. The predicted octanol–water partition coefficient (Wildman–Crippen LogP) is 2.66. The number of para-hydroxylation sites is 1. The smallest absolute Gasteiger partial charge is 0.139 e. The molecule has 0 amide bonds. The number of rotatable bonds is 3. The minimum absolute atomic E-state index is 0.0569. The molecule has 1 atom stereocenters. The van der Waals surface area contributed by atoms with Crippen molar-refractivity contribution >= 4 is 11.6 Å². The number of hydrogen-bond donors (Lipinski definition) is 2. The zero-order chi connectivity index (χ0) is 9.84. The lowest BCUT2D eigenvalue weighted by Crippen LogP contribution is -1.95. The van der Waals surface area contributed by atoms with Crippen LogP contribution in [0.4, 0.5) is 0 Å². The molecule has 0 saturated heterocycles. The Bertz CT molecular complexity index is 310. The number of aromatic hydroxyl groups is 1. The Morgan fingerprint density at radius 1 is 1.54 bits per heavy atom. The summed E-state index contributed by atoms with van der Waals surface area (Å²) in [7, 11) is 0. The van der Waals surface area contributed by atoms with Crippen molar-refractivity contribution in [3.05, 3.63) is 41.4 Å². The van der Waals surface area contributed by atoms with Gasteiger partial charge in [0.2, 0.25) is 0 Å². The summed E-state index contributed by atoms with van der Waals surface area (Å²) >= 11 is 5.67. The second-order valence-corrected chi connectivity index (χ2v) is 3.13. The molecule has 0 aliphatic carbocycles. The van der Waals surface area contributed by atoms with Crippen molar-refractivity contribution in [2.45, 2.75) is 12.5 Å². The van der Waals surface area contributed by atoms with Crippen LogP contribution >= 0.6 is 11.6 Å². The van der Waals surface area contributed by atoms with Gasteiger partial charge in [0.1, 0.15) is 5.75 Å². The standard InChI is InChI=1S/C10H11ClO2/c1-2-4-9(12)7-5-3-6-8(11)10(7)13/h2-3,5-6,9,12-13H,1,4H2. The van der Waals surface area contributed by atoms with Crippen LogP contribution in [0.1, 0.15) is 18.1 Å². The lowest BCUT2D eigenvalue weighted by molar-refractivity contribution is 0.177. The Hall–Kier alpha value is -0.990. The molecular weight excluding hydrogens is 188 g/mol. The molecule has 1 aromatic carbocycles. The van der Waals surface area contributed by atoms with Crippen molar-refractivity contribution in [1.29, 1.82) is 0 Å². The second-order valence-electron chi connectivity index (χ2n) is 2.72. The Balaban J connectivity index is 3.00. The molecule has 0 fully saturated rings. The highest BCUT2D eigenvalue weighted by Crippen LogP contribution is 2.32. The molecule has 0 bridgehead atoms. The van der Waals surface area contributed by atoms with Gasteiger partial charge in [-0.25, -0.2) is 0 Å². The highest BCUT2D eigenvalue weighted by Gasteiger charge is 2.12. The van der Waals surface area contributed by atoms with Crippen molar-refractivity contribution in [2.75, 3.05) is 0 Å². The van der Waals surface area contributed by atoms with Gasteiger partial charge in [0.25, 0.3) is 0 Å². The monoisotopic (exact) mass is 198 g/mol. The van der Waals surface area contributed by atoms with E-state index >= 15 is 0 Å². The van der Waals surface area contributed by atoms with Crippen molar-refractivity contribution < 1.29 is 10.2 Å². The summed E-state index contributed by atoms with van der Waals surface area (Å²) in [5, 5.41) is 19.3. The summed E-state index contributed by atoms with van der Waals surface area (Å²) in [5.74, 6) is -0.0569. The zero-order valence-electron chi connectivity index (χ0n) is 7.07. The average molecular weight is 199 g/mol. The molecular formula is C10H11ClO2. The van der Waals surface area contributed by atoms with Gasteiger partial charge in [0.05, 0.1) is 11.1 Å². The molecule has 0 aliphatic heterocycles. The number of hydrogen-bond acceptors (Lipinski definition) is 2. The van der Waals surface area contributed by atoms with Gasteiger partial charge in [-0.05, 0) is 12.5 Å². The van der Waals surface area contributed by atoms with Crippen LogP contribution in [0.3, 0.4) is 0 Å². The molecule has 1 unspecified atom stereocenters. The van der Waals surface area contributed by atoms with E-state index in [-0.39, 0.29) is 10.8 Å². The van der Waals surface area contributed by atoms with Crippen LogP contribution in [0.15, 0.2) is 30.9 Å². The highest BCUT2D eigenvalue weighted by atomic mass is 35.5. The number of aliphatic hydroxyl groups is 1. The van der Waals surface area contributed by atoms with E-state index < -0.39 is 6.10 Å². The summed E-state index contributed by atoms with van der Waals surface area (Å²) < 4.78 is 0. The number of phenols is 1. The van der Waals surface area contributed by atoms with Crippen LogP contribution in [0.2, 0.25) is 5.02 Å². The van der Waals surface area contributed by atoms with E-state index in [9.17, 15) is 10.2 Å². The SMILES string of the molecule is C=CCC(O)c1cccc(Cl)c1O. The van der Waals surface area contributed by atoms with Crippen molar-refractivity contribution in [1.82, 2.24) is 0 Å². The Morgan fingerprint density at radius 2 is 2.23 bits per heavy atom. The molecule has 1 aromatic rings. The first kappa shape index (κ1) is 10.1. The van der Waals surface area contributed by atoms with Gasteiger partial charge in [0, 0.05) is 5.56 Å². The van der Waals surface area contributed by atoms with Crippen LogP contribution in [-0.4, -0.2) is 10.2 Å². The Labute approximate surface area is 82.1 Å². The fourth-order valence-corrected chi connectivity index (χ4v) is 1.27. The van der Waals surface area contributed by atoms with Crippen molar-refractivity contribution in [2.24, 2.45) is 0 Å². The maximum Gasteiger partial charge on any atom is 0.139 e. The van der Waals surface area contributed by atoms with Gasteiger partial charge in [-0.2, -0.15) is 0 Å². The largest absolute Gasteiger partial charge is 0.506 e. The third-order valence-corrected chi connectivity index (χ3v) is 2.07. The van der Waals surface area contributed by atoms with Crippen LogP contribution in [0.5, 0.6) is 5.75 Å². The average Bonchev–Trinajstić information content (AvgIpc) is 2.10. The van der Waals surface area contributed by atoms with Gasteiger partial charge in [-0.1, -0.05) is 29.8 Å². The maximum atomic E-state index is 9.54. The molecule has 3 heteroatoms. The van der Waals surface area contributed by atoms with Crippen molar-refractivity contribution in [3.63, 3.8) is 0 Å². The van der Waals surface area contributed by atoms with Crippen LogP contribution in [0.25, 0.3) is 0 Å². The van der Waals surface area contributed by atoms with Crippen molar-refractivity contribution in [3.8, 4) is 5.75 Å². The van der Waals surface area contributed by atoms with E-state index in [0.717, 1.165) is 0 Å². The zero-order valence-corrected chi connectivity index (χ0v) is 7.83. The van der Waals surface area contributed by atoms with E-state index in [1.807, 2.05) is 0 Å². The van der Waals surface area contributed by atoms with E-state index in [0.29, 0.717) is 12.0 Å². The van der Waals surface area contributed by atoms with Crippen LogP contribution < -0.4 is 0 Å².